The normalized spacial score (nSPS) is 11.3. The van der Waals surface area contributed by atoms with Crippen molar-refractivity contribution in [1.82, 2.24) is 5.32 Å². The van der Waals surface area contributed by atoms with Crippen molar-refractivity contribution in [3.8, 4) is 11.8 Å². The Hall–Kier alpha value is -1.87. The molecule has 1 atom stereocenters. The van der Waals surface area contributed by atoms with E-state index in [2.05, 4.69) is 17.2 Å². The summed E-state index contributed by atoms with van der Waals surface area (Å²) in [6.45, 7) is 0.581. The van der Waals surface area contributed by atoms with E-state index < -0.39 is 0 Å². The van der Waals surface area contributed by atoms with E-state index in [4.69, 9.17) is 14.6 Å². The zero-order valence-corrected chi connectivity index (χ0v) is 11.7. The van der Waals surface area contributed by atoms with Gasteiger partial charge in [0.1, 0.15) is 6.61 Å². The van der Waals surface area contributed by atoms with Crippen molar-refractivity contribution in [3.05, 3.63) is 35.4 Å². The summed E-state index contributed by atoms with van der Waals surface area (Å²) in [6, 6.07) is 6.91. The maximum Gasteiger partial charge on any atom is 0.251 e. The zero-order chi connectivity index (χ0) is 14.8. The van der Waals surface area contributed by atoms with Gasteiger partial charge in [0.2, 0.25) is 0 Å². The lowest BCUT2D eigenvalue weighted by molar-refractivity contribution is 0.0285. The van der Waals surface area contributed by atoms with Crippen LogP contribution in [0.3, 0.4) is 0 Å². The second kappa shape index (κ2) is 9.10. The summed E-state index contributed by atoms with van der Waals surface area (Å²) in [5.41, 5.74) is 1.20. The number of rotatable bonds is 6. The van der Waals surface area contributed by atoms with E-state index in [-0.39, 0.29) is 18.6 Å². The molecule has 0 aliphatic carbocycles. The number of ether oxygens (including phenoxy) is 2. The number of carbonyl (C=O) groups is 1. The molecule has 2 N–H and O–H groups in total. The highest BCUT2D eigenvalue weighted by atomic mass is 16.5. The molecule has 0 saturated carbocycles. The van der Waals surface area contributed by atoms with Gasteiger partial charge in [-0.05, 0) is 18.2 Å². The van der Waals surface area contributed by atoms with E-state index in [0.717, 1.165) is 0 Å². The van der Waals surface area contributed by atoms with Crippen molar-refractivity contribution >= 4 is 5.91 Å². The molecule has 20 heavy (non-hydrogen) atoms. The van der Waals surface area contributed by atoms with Crippen LogP contribution in [0, 0.1) is 11.8 Å². The summed E-state index contributed by atoms with van der Waals surface area (Å²) in [4.78, 5) is 12.0. The Morgan fingerprint density at radius 3 is 2.90 bits per heavy atom. The van der Waals surface area contributed by atoms with Crippen molar-refractivity contribution in [3.63, 3.8) is 0 Å². The molecule has 1 amide bonds. The first-order chi connectivity index (χ1) is 9.71. The lowest BCUT2D eigenvalue weighted by atomic mass is 10.1. The van der Waals surface area contributed by atoms with Crippen molar-refractivity contribution in [2.75, 3.05) is 34.0 Å². The summed E-state index contributed by atoms with van der Waals surface area (Å²) in [5.74, 6) is 5.11. The Morgan fingerprint density at radius 2 is 2.25 bits per heavy atom. The summed E-state index contributed by atoms with van der Waals surface area (Å²) in [7, 11) is 3.15. The third-order valence-electron chi connectivity index (χ3n) is 2.61. The van der Waals surface area contributed by atoms with Gasteiger partial charge >= 0.3 is 0 Å². The van der Waals surface area contributed by atoms with E-state index in [9.17, 15) is 4.79 Å². The minimum absolute atomic E-state index is 0.179. The molecule has 5 heteroatoms. The molecule has 1 aromatic rings. The predicted octanol–water partition coefficient (Wildman–Crippen LogP) is 0.422. The molecule has 0 aliphatic heterocycles. The fourth-order valence-electron chi connectivity index (χ4n) is 1.58. The summed E-state index contributed by atoms with van der Waals surface area (Å²) in [5, 5.41) is 11.4. The first-order valence-corrected chi connectivity index (χ1v) is 6.21. The first kappa shape index (κ1) is 16.2. The van der Waals surface area contributed by atoms with Crippen LogP contribution < -0.4 is 5.32 Å². The molecule has 0 fully saturated rings. The standard InChI is InChI=1S/C15H19NO4/c1-19-11-14(20-2)10-16-15(18)13-7-3-5-12(9-13)6-4-8-17/h3,5,7,9,14,17H,8,10-11H2,1-2H3,(H,16,18). The molecule has 1 rings (SSSR count). The van der Waals surface area contributed by atoms with Crippen LogP contribution in [0.2, 0.25) is 0 Å². The number of amides is 1. The molecule has 0 radical (unpaired) electrons. The largest absolute Gasteiger partial charge is 0.384 e. The number of methoxy groups -OCH3 is 2. The van der Waals surface area contributed by atoms with Gasteiger partial charge in [-0.3, -0.25) is 4.79 Å². The van der Waals surface area contributed by atoms with Crippen LogP contribution >= 0.6 is 0 Å². The van der Waals surface area contributed by atoms with Crippen LogP contribution in [0.5, 0.6) is 0 Å². The lowest BCUT2D eigenvalue weighted by Crippen LogP contribution is -2.35. The van der Waals surface area contributed by atoms with Gasteiger partial charge in [0.15, 0.2) is 0 Å². The molecular formula is C15H19NO4. The smallest absolute Gasteiger partial charge is 0.251 e. The van der Waals surface area contributed by atoms with Crippen LogP contribution in [-0.2, 0) is 9.47 Å². The highest BCUT2D eigenvalue weighted by Gasteiger charge is 2.10. The first-order valence-electron chi connectivity index (χ1n) is 6.21. The Labute approximate surface area is 118 Å². The topological polar surface area (TPSA) is 67.8 Å². The molecule has 0 saturated heterocycles. The van der Waals surface area contributed by atoms with Gasteiger partial charge in [-0.15, -0.1) is 0 Å². The number of hydrogen-bond acceptors (Lipinski definition) is 4. The van der Waals surface area contributed by atoms with Crippen molar-refractivity contribution in [2.45, 2.75) is 6.10 Å². The quantitative estimate of drug-likeness (QED) is 0.740. The monoisotopic (exact) mass is 277 g/mol. The van der Waals surface area contributed by atoms with Crippen LogP contribution in [0.15, 0.2) is 24.3 Å². The van der Waals surface area contributed by atoms with Gasteiger partial charge in [-0.2, -0.15) is 0 Å². The Kier molecular flexibility index (Phi) is 7.36. The Morgan fingerprint density at radius 1 is 1.45 bits per heavy atom. The molecule has 0 bridgehead atoms. The molecule has 0 aromatic heterocycles. The van der Waals surface area contributed by atoms with E-state index in [1.807, 2.05) is 0 Å². The summed E-state index contributed by atoms with van der Waals surface area (Å²) < 4.78 is 10.1. The van der Waals surface area contributed by atoms with E-state index in [1.54, 1.807) is 38.5 Å². The van der Waals surface area contributed by atoms with Crippen molar-refractivity contribution < 1.29 is 19.4 Å². The maximum absolute atomic E-state index is 12.0. The Balaban J connectivity index is 2.63. The molecule has 0 aliphatic rings. The fraction of sp³-hybridized carbons (Fsp3) is 0.400. The summed E-state index contributed by atoms with van der Waals surface area (Å²) in [6.07, 6.45) is -0.179. The minimum atomic E-state index is -0.205. The number of hydrogen-bond donors (Lipinski definition) is 2. The van der Waals surface area contributed by atoms with Crippen LogP contribution in [0.1, 0.15) is 15.9 Å². The van der Waals surface area contributed by atoms with E-state index >= 15 is 0 Å². The Bertz CT molecular complexity index is 490. The van der Waals surface area contributed by atoms with Gasteiger partial charge in [0.05, 0.1) is 12.7 Å². The molecule has 1 aromatic carbocycles. The SMILES string of the molecule is COCC(CNC(=O)c1cccc(C#CCO)c1)OC. The second-order valence-electron chi connectivity index (χ2n) is 4.06. The molecule has 5 nitrogen and oxygen atoms in total. The summed E-state index contributed by atoms with van der Waals surface area (Å²) >= 11 is 0. The number of carbonyl (C=O) groups excluding carboxylic acids is 1. The lowest BCUT2D eigenvalue weighted by Gasteiger charge is -2.15. The van der Waals surface area contributed by atoms with Crippen molar-refractivity contribution in [2.24, 2.45) is 0 Å². The number of nitrogens with one attached hydrogen (secondary N) is 1. The third-order valence-corrected chi connectivity index (χ3v) is 2.61. The van der Waals surface area contributed by atoms with E-state index in [1.165, 1.54) is 0 Å². The number of aliphatic hydroxyl groups is 1. The molecular weight excluding hydrogens is 258 g/mol. The van der Waals surface area contributed by atoms with Gasteiger partial charge < -0.3 is 19.9 Å². The second-order valence-corrected chi connectivity index (χ2v) is 4.06. The van der Waals surface area contributed by atoms with Gasteiger partial charge in [0.25, 0.3) is 5.91 Å². The minimum Gasteiger partial charge on any atom is -0.384 e. The van der Waals surface area contributed by atoms with Crippen molar-refractivity contribution in [1.29, 1.82) is 0 Å². The van der Waals surface area contributed by atoms with Gasteiger partial charge in [0, 0.05) is 31.9 Å². The van der Waals surface area contributed by atoms with Gasteiger partial charge in [-0.1, -0.05) is 17.9 Å². The average Bonchev–Trinajstić information content (AvgIpc) is 2.49. The highest BCUT2D eigenvalue weighted by molar-refractivity contribution is 5.94. The average molecular weight is 277 g/mol. The number of benzene rings is 1. The third kappa shape index (κ3) is 5.41. The molecule has 108 valence electrons. The highest BCUT2D eigenvalue weighted by Crippen LogP contribution is 2.04. The van der Waals surface area contributed by atoms with E-state index in [0.29, 0.717) is 24.3 Å². The molecule has 0 spiro atoms. The molecule has 1 unspecified atom stereocenters. The zero-order valence-electron chi connectivity index (χ0n) is 11.7. The molecule has 0 heterocycles. The van der Waals surface area contributed by atoms with Gasteiger partial charge in [-0.25, -0.2) is 0 Å². The fourth-order valence-corrected chi connectivity index (χ4v) is 1.58. The van der Waals surface area contributed by atoms with Crippen LogP contribution in [0.4, 0.5) is 0 Å². The van der Waals surface area contributed by atoms with Crippen LogP contribution in [0.25, 0.3) is 0 Å². The number of aliphatic hydroxyl groups excluding tert-OH is 1. The maximum atomic E-state index is 12.0. The van der Waals surface area contributed by atoms with Crippen LogP contribution in [-0.4, -0.2) is 51.1 Å². The predicted molar refractivity (Wildman–Crippen MR) is 75.4 cm³/mol.